The first-order chi connectivity index (χ1) is 11.2. The third kappa shape index (κ3) is 3.37. The van der Waals surface area contributed by atoms with E-state index in [9.17, 15) is 4.79 Å². The summed E-state index contributed by atoms with van der Waals surface area (Å²) in [6, 6.07) is 9.06. The summed E-state index contributed by atoms with van der Waals surface area (Å²) < 4.78 is 12.1. The molecule has 118 valence electrons. The van der Waals surface area contributed by atoms with Gasteiger partial charge in [-0.1, -0.05) is 17.2 Å². The van der Waals surface area contributed by atoms with Crippen molar-refractivity contribution in [1.29, 1.82) is 0 Å². The van der Waals surface area contributed by atoms with E-state index in [1.54, 1.807) is 43.2 Å². The van der Waals surface area contributed by atoms with Crippen molar-refractivity contribution in [3.8, 4) is 17.3 Å². The van der Waals surface area contributed by atoms with Crippen molar-refractivity contribution >= 4 is 11.9 Å². The van der Waals surface area contributed by atoms with Crippen LogP contribution < -0.4 is 10.1 Å². The molecule has 8 nitrogen and oxygen atoms in total. The van der Waals surface area contributed by atoms with E-state index >= 15 is 0 Å². The van der Waals surface area contributed by atoms with Crippen molar-refractivity contribution in [3.63, 3.8) is 0 Å². The maximum Gasteiger partial charge on any atom is 0.322 e. The molecule has 0 aliphatic carbocycles. The second-order valence-electron chi connectivity index (χ2n) is 4.83. The van der Waals surface area contributed by atoms with Crippen LogP contribution in [0.5, 0.6) is 5.75 Å². The fraction of sp³-hybridized carbons (Fsp3) is 0.200. The lowest BCUT2D eigenvalue weighted by Gasteiger charge is -2.03. The molecule has 0 atom stereocenters. The summed E-state index contributed by atoms with van der Waals surface area (Å²) in [7, 11) is 3.36. The zero-order valence-corrected chi connectivity index (χ0v) is 12.7. The predicted octanol–water partition coefficient (Wildman–Crippen LogP) is 1.66. The Labute approximate surface area is 132 Å². The normalized spacial score (nSPS) is 10.5. The second-order valence-corrected chi connectivity index (χ2v) is 4.83. The summed E-state index contributed by atoms with van der Waals surface area (Å²) in [5.41, 5.74) is 1.53. The minimum atomic E-state index is -0.240. The van der Waals surface area contributed by atoms with E-state index in [4.69, 9.17) is 9.15 Å². The fourth-order valence-electron chi connectivity index (χ4n) is 2.05. The van der Waals surface area contributed by atoms with Crippen LogP contribution in [0.3, 0.4) is 0 Å². The summed E-state index contributed by atoms with van der Waals surface area (Å²) in [6.07, 6.45) is 1.83. The molecule has 0 aliphatic rings. The Morgan fingerprint density at radius 3 is 2.70 bits per heavy atom. The standard InChI is InChI=1S/C15H15N5O3/c1-20-12(7-8-16-20)14-18-19-15(23-14)17-13(21)9-10-3-5-11(22-2)6-4-10/h3-8H,9H2,1-2H3,(H,17,19,21). The van der Waals surface area contributed by atoms with Gasteiger partial charge in [0.2, 0.25) is 5.91 Å². The average molecular weight is 313 g/mol. The molecule has 3 rings (SSSR count). The van der Waals surface area contributed by atoms with Crippen LogP contribution in [0.25, 0.3) is 11.6 Å². The third-order valence-electron chi connectivity index (χ3n) is 3.24. The molecule has 0 saturated carbocycles. The first-order valence-corrected chi connectivity index (χ1v) is 6.90. The fourth-order valence-corrected chi connectivity index (χ4v) is 2.05. The monoisotopic (exact) mass is 313 g/mol. The highest BCUT2D eigenvalue weighted by molar-refractivity contribution is 5.90. The van der Waals surface area contributed by atoms with Gasteiger partial charge in [0.15, 0.2) is 0 Å². The molecule has 8 heteroatoms. The molecule has 2 heterocycles. The van der Waals surface area contributed by atoms with E-state index in [1.807, 2.05) is 12.1 Å². The van der Waals surface area contributed by atoms with Crippen LogP contribution in [0.15, 0.2) is 40.9 Å². The van der Waals surface area contributed by atoms with E-state index in [1.165, 1.54) is 0 Å². The zero-order valence-electron chi connectivity index (χ0n) is 12.7. The van der Waals surface area contributed by atoms with Crippen molar-refractivity contribution in [2.24, 2.45) is 7.05 Å². The van der Waals surface area contributed by atoms with Gasteiger partial charge < -0.3 is 9.15 Å². The Kier molecular flexibility index (Phi) is 4.05. The number of hydrogen-bond donors (Lipinski definition) is 1. The van der Waals surface area contributed by atoms with Crippen molar-refractivity contribution in [1.82, 2.24) is 20.0 Å². The van der Waals surface area contributed by atoms with Gasteiger partial charge in [0.05, 0.1) is 13.5 Å². The number of carbonyl (C=O) groups is 1. The van der Waals surface area contributed by atoms with Gasteiger partial charge in [-0.05, 0) is 23.8 Å². The number of ether oxygens (including phenoxy) is 1. The lowest BCUT2D eigenvalue weighted by Crippen LogP contribution is -2.14. The van der Waals surface area contributed by atoms with Gasteiger partial charge in [-0.15, -0.1) is 5.10 Å². The van der Waals surface area contributed by atoms with Crippen molar-refractivity contribution in [3.05, 3.63) is 42.1 Å². The van der Waals surface area contributed by atoms with Gasteiger partial charge in [0.25, 0.3) is 5.89 Å². The molecule has 0 saturated heterocycles. The largest absolute Gasteiger partial charge is 0.497 e. The smallest absolute Gasteiger partial charge is 0.322 e. The molecule has 0 fully saturated rings. The van der Waals surface area contributed by atoms with Crippen LogP contribution in [0, 0.1) is 0 Å². The molecule has 3 aromatic rings. The number of nitrogens with one attached hydrogen (secondary N) is 1. The number of benzene rings is 1. The maximum atomic E-state index is 12.0. The molecule has 0 unspecified atom stereocenters. The topological polar surface area (TPSA) is 95.1 Å². The first-order valence-electron chi connectivity index (χ1n) is 6.90. The van der Waals surface area contributed by atoms with E-state index < -0.39 is 0 Å². The first kappa shape index (κ1) is 14.8. The summed E-state index contributed by atoms with van der Waals surface area (Å²) >= 11 is 0. The number of rotatable bonds is 5. The lowest BCUT2D eigenvalue weighted by atomic mass is 10.1. The second kappa shape index (κ2) is 6.30. The number of carbonyl (C=O) groups excluding carboxylic acids is 1. The van der Waals surface area contributed by atoms with Crippen LogP contribution in [-0.4, -0.2) is 33.0 Å². The lowest BCUT2D eigenvalue weighted by molar-refractivity contribution is -0.115. The Morgan fingerprint density at radius 2 is 2.04 bits per heavy atom. The Hall–Kier alpha value is -3.16. The Morgan fingerprint density at radius 1 is 1.26 bits per heavy atom. The zero-order chi connectivity index (χ0) is 16.2. The van der Waals surface area contributed by atoms with Crippen LogP contribution >= 0.6 is 0 Å². The number of hydrogen-bond acceptors (Lipinski definition) is 6. The van der Waals surface area contributed by atoms with Gasteiger partial charge in [-0.25, -0.2) is 0 Å². The number of methoxy groups -OCH3 is 1. The molecule has 2 aromatic heterocycles. The molecular formula is C15H15N5O3. The number of aryl methyl sites for hydroxylation is 1. The molecule has 0 bridgehead atoms. The third-order valence-corrected chi connectivity index (χ3v) is 3.24. The Bertz CT molecular complexity index is 807. The number of anilines is 1. The summed E-state index contributed by atoms with van der Waals surface area (Å²) in [5.74, 6) is 0.798. The van der Waals surface area contributed by atoms with Gasteiger partial charge in [-0.3, -0.25) is 14.8 Å². The quantitative estimate of drug-likeness (QED) is 0.769. The van der Waals surface area contributed by atoms with Crippen molar-refractivity contribution in [2.45, 2.75) is 6.42 Å². The van der Waals surface area contributed by atoms with Crippen LogP contribution in [0.4, 0.5) is 6.01 Å². The minimum absolute atomic E-state index is 0.0553. The highest BCUT2D eigenvalue weighted by atomic mass is 16.5. The Balaban J connectivity index is 1.64. The van der Waals surface area contributed by atoms with Crippen molar-refractivity contribution < 1.29 is 13.9 Å². The van der Waals surface area contributed by atoms with Gasteiger partial charge in [-0.2, -0.15) is 5.10 Å². The summed E-state index contributed by atoms with van der Waals surface area (Å²) in [6.45, 7) is 0. The highest BCUT2D eigenvalue weighted by Gasteiger charge is 2.14. The van der Waals surface area contributed by atoms with Crippen LogP contribution in [-0.2, 0) is 18.3 Å². The van der Waals surface area contributed by atoms with Crippen LogP contribution in [0.2, 0.25) is 0 Å². The predicted molar refractivity (Wildman–Crippen MR) is 81.8 cm³/mol. The number of aromatic nitrogens is 4. The molecule has 23 heavy (non-hydrogen) atoms. The summed E-state index contributed by atoms with van der Waals surface area (Å²) in [5, 5.41) is 14.3. The molecule has 1 N–H and O–H groups in total. The summed E-state index contributed by atoms with van der Waals surface area (Å²) in [4.78, 5) is 12.0. The van der Waals surface area contributed by atoms with E-state index in [0.717, 1.165) is 11.3 Å². The molecule has 0 radical (unpaired) electrons. The van der Waals surface area contributed by atoms with Crippen LogP contribution in [0.1, 0.15) is 5.56 Å². The average Bonchev–Trinajstić information content (AvgIpc) is 3.16. The maximum absolute atomic E-state index is 12.0. The molecule has 1 aromatic carbocycles. The number of nitrogens with zero attached hydrogens (tertiary/aromatic N) is 4. The van der Waals surface area contributed by atoms with E-state index in [-0.39, 0.29) is 18.3 Å². The van der Waals surface area contributed by atoms with E-state index in [2.05, 4.69) is 20.6 Å². The van der Waals surface area contributed by atoms with E-state index in [0.29, 0.717) is 11.6 Å². The van der Waals surface area contributed by atoms with Gasteiger partial charge >= 0.3 is 6.01 Å². The highest BCUT2D eigenvalue weighted by Crippen LogP contribution is 2.18. The van der Waals surface area contributed by atoms with Gasteiger partial charge in [0.1, 0.15) is 11.4 Å². The minimum Gasteiger partial charge on any atom is -0.497 e. The SMILES string of the molecule is COc1ccc(CC(=O)Nc2nnc(-c3ccnn3C)o2)cc1. The molecular weight excluding hydrogens is 298 g/mol. The van der Waals surface area contributed by atoms with Crippen molar-refractivity contribution in [2.75, 3.05) is 12.4 Å². The van der Waals surface area contributed by atoms with Gasteiger partial charge in [0, 0.05) is 13.2 Å². The molecule has 0 spiro atoms. The molecule has 1 amide bonds. The molecule has 0 aliphatic heterocycles. The number of amides is 1.